The molecule has 0 fully saturated rings. The van der Waals surface area contributed by atoms with E-state index in [-0.39, 0.29) is 22.5 Å². The Labute approximate surface area is 134 Å². The van der Waals surface area contributed by atoms with Crippen LogP contribution in [0, 0.1) is 10.1 Å². The number of nitro groups is 1. The number of carbonyl (C=O) groups excluding carboxylic acids is 1. The van der Waals surface area contributed by atoms with Crippen molar-refractivity contribution in [3.63, 3.8) is 0 Å². The summed E-state index contributed by atoms with van der Waals surface area (Å²) >= 11 is 0. The first-order valence-corrected chi connectivity index (χ1v) is 6.68. The number of nitrogens with one attached hydrogen (secondary N) is 2. The van der Waals surface area contributed by atoms with Crippen LogP contribution in [0.1, 0.15) is 11.3 Å². The Morgan fingerprint density at radius 3 is 2.88 bits per heavy atom. The average Bonchev–Trinajstić information content (AvgIpc) is 3.12. The first-order valence-electron chi connectivity index (χ1n) is 6.68. The van der Waals surface area contributed by atoms with Gasteiger partial charge >= 0.3 is 0 Å². The largest absolute Gasteiger partial charge is 0.495 e. The van der Waals surface area contributed by atoms with Crippen LogP contribution in [0.15, 0.2) is 29.5 Å². The maximum Gasteiger partial charge on any atom is 0.279 e. The molecule has 24 heavy (non-hydrogen) atoms. The molecule has 0 saturated carbocycles. The standard InChI is InChI=1S/C14H10N6O4/c1-24-11-4-5-16-9(11)6-7-12-8(17-14(7)21)2-3-10(20(22)23)13(12)18-19-15/h2-6,16H,1H3,(H,17,21). The first kappa shape index (κ1) is 15.1. The number of anilines is 1. The van der Waals surface area contributed by atoms with Crippen molar-refractivity contribution in [1.29, 1.82) is 0 Å². The first-order chi connectivity index (χ1) is 11.6. The van der Waals surface area contributed by atoms with Crippen LogP contribution >= 0.6 is 0 Å². The molecule has 1 aliphatic rings. The van der Waals surface area contributed by atoms with Crippen LogP contribution in [0.5, 0.6) is 5.75 Å². The highest BCUT2D eigenvalue weighted by molar-refractivity contribution is 6.36. The highest BCUT2D eigenvalue weighted by atomic mass is 16.6. The van der Waals surface area contributed by atoms with Crippen molar-refractivity contribution in [1.82, 2.24) is 4.98 Å². The smallest absolute Gasteiger partial charge is 0.279 e. The SMILES string of the molecule is COc1cc[nH]c1C=C1C(=O)Nc2ccc([N+](=O)[O-])c(N=[N+]=[N-])c21. The molecule has 1 amide bonds. The Balaban J connectivity index is 2.27. The highest BCUT2D eigenvalue weighted by Crippen LogP contribution is 2.45. The number of ether oxygens (including phenoxy) is 1. The van der Waals surface area contributed by atoms with Gasteiger partial charge in [-0.15, -0.1) is 0 Å². The molecule has 2 aromatic rings. The molecule has 1 aliphatic heterocycles. The minimum absolute atomic E-state index is 0.136. The number of hydrogen-bond acceptors (Lipinski definition) is 5. The summed E-state index contributed by atoms with van der Waals surface area (Å²) in [6, 6.07) is 4.25. The number of aromatic nitrogens is 1. The average molecular weight is 326 g/mol. The van der Waals surface area contributed by atoms with Crippen molar-refractivity contribution in [2.24, 2.45) is 5.11 Å². The van der Waals surface area contributed by atoms with Gasteiger partial charge in [0.15, 0.2) is 0 Å². The molecular weight excluding hydrogens is 316 g/mol. The fourth-order valence-corrected chi connectivity index (χ4v) is 2.49. The van der Waals surface area contributed by atoms with E-state index in [0.717, 1.165) is 0 Å². The molecule has 0 radical (unpaired) electrons. The van der Waals surface area contributed by atoms with E-state index < -0.39 is 10.8 Å². The summed E-state index contributed by atoms with van der Waals surface area (Å²) in [6.07, 6.45) is 3.11. The van der Waals surface area contributed by atoms with Gasteiger partial charge in [-0.1, -0.05) is 5.11 Å². The molecule has 0 unspecified atom stereocenters. The van der Waals surface area contributed by atoms with E-state index in [2.05, 4.69) is 20.3 Å². The van der Waals surface area contributed by atoms with Crippen molar-refractivity contribution < 1.29 is 14.5 Å². The Kier molecular flexibility index (Phi) is 3.64. The second-order valence-electron chi connectivity index (χ2n) is 4.77. The fourth-order valence-electron chi connectivity index (χ4n) is 2.49. The van der Waals surface area contributed by atoms with Crippen LogP contribution in [0.4, 0.5) is 17.1 Å². The van der Waals surface area contributed by atoms with E-state index in [1.165, 1.54) is 25.3 Å². The summed E-state index contributed by atoms with van der Waals surface area (Å²) in [4.78, 5) is 28.3. The van der Waals surface area contributed by atoms with E-state index in [1.807, 2.05) is 0 Å². The van der Waals surface area contributed by atoms with Crippen molar-refractivity contribution in [3.8, 4) is 5.75 Å². The van der Waals surface area contributed by atoms with Crippen molar-refractivity contribution >= 4 is 34.6 Å². The molecule has 120 valence electrons. The Morgan fingerprint density at radius 2 is 2.21 bits per heavy atom. The van der Waals surface area contributed by atoms with Crippen LogP contribution < -0.4 is 10.1 Å². The molecule has 0 spiro atoms. The summed E-state index contributed by atoms with van der Waals surface area (Å²) in [5.41, 5.74) is 9.30. The van der Waals surface area contributed by atoms with Gasteiger partial charge in [-0.05, 0) is 23.7 Å². The maximum atomic E-state index is 12.3. The topological polar surface area (TPSA) is 146 Å². The Bertz CT molecular complexity index is 939. The number of rotatable bonds is 4. The molecule has 1 aromatic carbocycles. The molecule has 0 atom stereocenters. The number of aromatic amines is 1. The van der Waals surface area contributed by atoms with Gasteiger partial charge in [-0.25, -0.2) is 0 Å². The van der Waals surface area contributed by atoms with E-state index in [1.54, 1.807) is 12.3 Å². The van der Waals surface area contributed by atoms with Gasteiger partial charge in [0.2, 0.25) is 0 Å². The number of fused-ring (bicyclic) bond motifs is 1. The van der Waals surface area contributed by atoms with Gasteiger partial charge in [-0.2, -0.15) is 0 Å². The van der Waals surface area contributed by atoms with Gasteiger partial charge in [0.25, 0.3) is 11.6 Å². The second-order valence-corrected chi connectivity index (χ2v) is 4.77. The van der Waals surface area contributed by atoms with Gasteiger partial charge in [0.05, 0.1) is 29.0 Å². The fraction of sp³-hybridized carbons (Fsp3) is 0.0714. The lowest BCUT2D eigenvalue weighted by atomic mass is 10.0. The number of nitrogens with zero attached hydrogens (tertiary/aromatic N) is 4. The van der Waals surface area contributed by atoms with Crippen molar-refractivity contribution in [3.05, 3.63) is 56.2 Å². The monoisotopic (exact) mass is 326 g/mol. The number of carbonyl (C=O) groups is 1. The Morgan fingerprint density at radius 1 is 1.42 bits per heavy atom. The third-order valence-electron chi connectivity index (χ3n) is 3.51. The predicted octanol–water partition coefficient (Wildman–Crippen LogP) is 3.37. The maximum absolute atomic E-state index is 12.3. The molecule has 0 aliphatic carbocycles. The molecule has 2 heterocycles. The number of nitro benzene ring substituents is 1. The highest BCUT2D eigenvalue weighted by Gasteiger charge is 2.31. The normalized spacial score (nSPS) is 14.0. The van der Waals surface area contributed by atoms with Crippen LogP contribution in [0.25, 0.3) is 22.1 Å². The van der Waals surface area contributed by atoms with Gasteiger partial charge in [0.1, 0.15) is 11.4 Å². The summed E-state index contributed by atoms with van der Waals surface area (Å²) in [7, 11) is 1.48. The number of azide groups is 1. The molecule has 10 nitrogen and oxygen atoms in total. The van der Waals surface area contributed by atoms with Crippen LogP contribution in [0.2, 0.25) is 0 Å². The summed E-state index contributed by atoms with van der Waals surface area (Å²) < 4.78 is 5.16. The Hall–Kier alpha value is -3.78. The van der Waals surface area contributed by atoms with E-state index in [0.29, 0.717) is 17.1 Å². The molecular formula is C14H10N6O4. The zero-order valence-electron chi connectivity index (χ0n) is 12.3. The third-order valence-corrected chi connectivity index (χ3v) is 3.51. The summed E-state index contributed by atoms with van der Waals surface area (Å²) in [5.74, 6) is 0.0380. The number of H-pyrrole nitrogens is 1. The van der Waals surface area contributed by atoms with Gasteiger partial charge in [0, 0.05) is 22.7 Å². The van der Waals surface area contributed by atoms with E-state index in [4.69, 9.17) is 10.3 Å². The summed E-state index contributed by atoms with van der Waals surface area (Å²) in [6.45, 7) is 0. The van der Waals surface area contributed by atoms with Crippen molar-refractivity contribution in [2.45, 2.75) is 0 Å². The number of methoxy groups -OCH3 is 1. The lowest BCUT2D eigenvalue weighted by molar-refractivity contribution is -0.384. The molecule has 10 heteroatoms. The second kappa shape index (κ2) is 5.78. The summed E-state index contributed by atoms with van der Waals surface area (Å²) in [5, 5.41) is 17.2. The third kappa shape index (κ3) is 2.32. The van der Waals surface area contributed by atoms with E-state index in [9.17, 15) is 14.9 Å². The predicted molar refractivity (Wildman–Crippen MR) is 85.7 cm³/mol. The molecule has 3 rings (SSSR count). The number of amides is 1. The quantitative estimate of drug-likeness (QED) is 0.221. The van der Waals surface area contributed by atoms with Crippen LogP contribution in [-0.2, 0) is 4.79 Å². The molecule has 2 N–H and O–H groups in total. The number of hydrogen-bond donors (Lipinski definition) is 2. The van der Waals surface area contributed by atoms with Crippen LogP contribution in [0.3, 0.4) is 0 Å². The minimum atomic E-state index is -0.667. The lowest BCUT2D eigenvalue weighted by Gasteiger charge is -2.04. The number of benzene rings is 1. The minimum Gasteiger partial charge on any atom is -0.495 e. The van der Waals surface area contributed by atoms with E-state index >= 15 is 0 Å². The van der Waals surface area contributed by atoms with Crippen LogP contribution in [-0.4, -0.2) is 22.9 Å². The molecule has 0 bridgehead atoms. The zero-order valence-corrected chi connectivity index (χ0v) is 12.3. The van der Waals surface area contributed by atoms with Crippen molar-refractivity contribution in [2.75, 3.05) is 12.4 Å². The van der Waals surface area contributed by atoms with Gasteiger partial charge < -0.3 is 15.0 Å². The molecule has 0 saturated heterocycles. The molecule has 1 aromatic heterocycles. The zero-order chi connectivity index (χ0) is 17.3. The lowest BCUT2D eigenvalue weighted by Crippen LogP contribution is -2.03. The van der Waals surface area contributed by atoms with Gasteiger partial charge in [-0.3, -0.25) is 14.9 Å².